The van der Waals surface area contributed by atoms with E-state index in [1.807, 2.05) is 0 Å². The lowest BCUT2D eigenvalue weighted by Crippen LogP contribution is -2.15. The number of unbranched alkanes of at least 4 members (excludes halogenated alkanes) is 1. The first kappa shape index (κ1) is 17.5. The second kappa shape index (κ2) is 8.68. The molecular formula is C23H27NO. The van der Waals surface area contributed by atoms with Crippen molar-refractivity contribution in [3.63, 3.8) is 0 Å². The van der Waals surface area contributed by atoms with Crippen molar-refractivity contribution in [3.8, 4) is 5.75 Å². The zero-order valence-corrected chi connectivity index (χ0v) is 15.2. The van der Waals surface area contributed by atoms with Gasteiger partial charge >= 0.3 is 0 Å². The zero-order chi connectivity index (χ0) is 17.5. The fourth-order valence-corrected chi connectivity index (χ4v) is 3.08. The maximum absolute atomic E-state index is 6.23. The minimum atomic E-state index is 0.604. The third-order valence-corrected chi connectivity index (χ3v) is 4.65. The van der Waals surface area contributed by atoms with E-state index in [4.69, 9.17) is 4.74 Å². The van der Waals surface area contributed by atoms with Crippen LogP contribution in [0.15, 0.2) is 60.7 Å². The van der Waals surface area contributed by atoms with Crippen LogP contribution < -0.4 is 10.1 Å². The molecule has 3 aromatic carbocycles. The first-order chi connectivity index (χ1) is 12.3. The highest BCUT2D eigenvalue weighted by atomic mass is 16.5. The van der Waals surface area contributed by atoms with E-state index in [1.54, 1.807) is 0 Å². The Morgan fingerprint density at radius 3 is 2.56 bits per heavy atom. The Morgan fingerprint density at radius 2 is 1.72 bits per heavy atom. The number of hydrogen-bond donors (Lipinski definition) is 1. The van der Waals surface area contributed by atoms with E-state index in [0.717, 1.165) is 18.8 Å². The molecule has 0 aliphatic carbocycles. The van der Waals surface area contributed by atoms with Crippen molar-refractivity contribution in [3.05, 3.63) is 77.4 Å². The smallest absolute Gasteiger partial charge is 0.124 e. The molecule has 0 saturated carbocycles. The first-order valence-electron chi connectivity index (χ1n) is 9.18. The maximum Gasteiger partial charge on any atom is 0.124 e. The molecule has 0 aromatic heterocycles. The molecule has 0 aliphatic heterocycles. The van der Waals surface area contributed by atoms with Gasteiger partial charge in [-0.2, -0.15) is 0 Å². The Hall–Kier alpha value is -2.32. The molecule has 130 valence electrons. The third-order valence-electron chi connectivity index (χ3n) is 4.65. The summed E-state index contributed by atoms with van der Waals surface area (Å²) < 4.78 is 6.23. The van der Waals surface area contributed by atoms with Crippen LogP contribution in [0.2, 0.25) is 0 Å². The van der Waals surface area contributed by atoms with Crippen molar-refractivity contribution in [2.75, 3.05) is 6.54 Å². The van der Waals surface area contributed by atoms with Crippen molar-refractivity contribution in [2.24, 2.45) is 0 Å². The number of rotatable bonds is 8. The van der Waals surface area contributed by atoms with Crippen LogP contribution in [0.25, 0.3) is 10.8 Å². The number of benzene rings is 3. The predicted molar refractivity (Wildman–Crippen MR) is 106 cm³/mol. The maximum atomic E-state index is 6.23. The van der Waals surface area contributed by atoms with Crippen molar-refractivity contribution in [2.45, 2.75) is 39.8 Å². The second-order valence-electron chi connectivity index (χ2n) is 6.51. The summed E-state index contributed by atoms with van der Waals surface area (Å²) in [6, 6.07) is 21.2. The van der Waals surface area contributed by atoms with E-state index < -0.39 is 0 Å². The quantitative estimate of drug-likeness (QED) is 0.540. The van der Waals surface area contributed by atoms with Gasteiger partial charge in [-0.25, -0.2) is 0 Å². The van der Waals surface area contributed by atoms with Gasteiger partial charge in [-0.15, -0.1) is 0 Å². The van der Waals surface area contributed by atoms with Gasteiger partial charge in [-0.1, -0.05) is 67.9 Å². The van der Waals surface area contributed by atoms with E-state index in [9.17, 15) is 0 Å². The topological polar surface area (TPSA) is 21.3 Å². The summed E-state index contributed by atoms with van der Waals surface area (Å²) in [5, 5.41) is 6.10. The Morgan fingerprint density at radius 1 is 0.920 bits per heavy atom. The Kier molecular flexibility index (Phi) is 6.08. The third kappa shape index (κ3) is 4.40. The molecule has 0 radical (unpaired) electrons. The number of fused-ring (bicyclic) bond motifs is 1. The lowest BCUT2D eigenvalue weighted by molar-refractivity contribution is 0.302. The molecule has 25 heavy (non-hydrogen) atoms. The number of hydrogen-bond acceptors (Lipinski definition) is 2. The molecule has 0 unspecified atom stereocenters. The first-order valence-corrected chi connectivity index (χ1v) is 9.18. The monoisotopic (exact) mass is 333 g/mol. The minimum Gasteiger partial charge on any atom is -0.489 e. The molecule has 3 rings (SSSR count). The Labute approximate surface area is 150 Å². The lowest BCUT2D eigenvalue weighted by atomic mass is 10.0. The van der Waals surface area contributed by atoms with Crippen LogP contribution in [0.1, 0.15) is 36.5 Å². The van der Waals surface area contributed by atoms with Gasteiger partial charge in [-0.05, 0) is 47.9 Å². The highest BCUT2D eigenvalue weighted by Gasteiger charge is 2.09. The van der Waals surface area contributed by atoms with Crippen LogP contribution >= 0.6 is 0 Å². The summed E-state index contributed by atoms with van der Waals surface area (Å²) in [6.07, 6.45) is 2.41. The van der Waals surface area contributed by atoms with Crippen LogP contribution in [0.5, 0.6) is 5.75 Å². The van der Waals surface area contributed by atoms with Gasteiger partial charge in [0, 0.05) is 12.1 Å². The van der Waals surface area contributed by atoms with Crippen LogP contribution in [0.4, 0.5) is 0 Å². The van der Waals surface area contributed by atoms with Crippen LogP contribution in [-0.2, 0) is 13.2 Å². The van der Waals surface area contributed by atoms with Crippen molar-refractivity contribution in [1.29, 1.82) is 0 Å². The molecule has 0 aliphatic rings. The molecule has 0 bridgehead atoms. The highest BCUT2D eigenvalue weighted by molar-refractivity contribution is 5.87. The van der Waals surface area contributed by atoms with E-state index in [1.165, 1.54) is 40.3 Å². The lowest BCUT2D eigenvalue weighted by Gasteiger charge is -2.16. The Bertz CT molecular complexity index is 825. The Balaban J connectivity index is 1.84. The molecule has 0 spiro atoms. The van der Waals surface area contributed by atoms with E-state index in [-0.39, 0.29) is 0 Å². The molecule has 0 fully saturated rings. The standard InChI is InChI=1S/C23H27NO/c1-3-4-15-24-16-22-21-12-8-7-10-19(21)13-14-23(22)25-17-20-11-6-5-9-18(20)2/h5-14,24H,3-4,15-17H2,1-2H3. The second-order valence-corrected chi connectivity index (χ2v) is 6.51. The molecule has 0 amide bonds. The fourth-order valence-electron chi connectivity index (χ4n) is 3.08. The number of ether oxygens (including phenoxy) is 1. The molecule has 0 heterocycles. The SMILES string of the molecule is CCCCNCc1c(OCc2ccccc2C)ccc2ccccc12. The normalized spacial score (nSPS) is 11.0. The van der Waals surface area contributed by atoms with Gasteiger partial charge in [0.25, 0.3) is 0 Å². The van der Waals surface area contributed by atoms with Gasteiger partial charge < -0.3 is 10.1 Å². The molecular weight excluding hydrogens is 306 g/mol. The average Bonchev–Trinajstić information content (AvgIpc) is 2.65. The summed E-state index contributed by atoms with van der Waals surface area (Å²) >= 11 is 0. The van der Waals surface area contributed by atoms with Crippen molar-refractivity contribution < 1.29 is 4.74 Å². The molecule has 2 heteroatoms. The van der Waals surface area contributed by atoms with Gasteiger partial charge in [0.15, 0.2) is 0 Å². The summed E-state index contributed by atoms with van der Waals surface area (Å²) in [5.74, 6) is 0.978. The fraction of sp³-hybridized carbons (Fsp3) is 0.304. The van der Waals surface area contributed by atoms with E-state index >= 15 is 0 Å². The molecule has 0 atom stereocenters. The summed E-state index contributed by atoms with van der Waals surface area (Å²) in [7, 11) is 0. The average molecular weight is 333 g/mol. The summed E-state index contributed by atoms with van der Waals surface area (Å²) in [5.41, 5.74) is 3.76. The zero-order valence-electron chi connectivity index (χ0n) is 15.2. The molecule has 3 aromatic rings. The molecule has 0 saturated heterocycles. The van der Waals surface area contributed by atoms with Gasteiger partial charge in [-0.3, -0.25) is 0 Å². The number of nitrogens with one attached hydrogen (secondary N) is 1. The van der Waals surface area contributed by atoms with Crippen LogP contribution in [-0.4, -0.2) is 6.54 Å². The largest absolute Gasteiger partial charge is 0.489 e. The van der Waals surface area contributed by atoms with E-state index in [0.29, 0.717) is 6.61 Å². The summed E-state index contributed by atoms with van der Waals surface area (Å²) in [6.45, 7) is 6.83. The van der Waals surface area contributed by atoms with Gasteiger partial charge in [0.2, 0.25) is 0 Å². The van der Waals surface area contributed by atoms with Crippen molar-refractivity contribution in [1.82, 2.24) is 5.32 Å². The number of aryl methyl sites for hydroxylation is 1. The van der Waals surface area contributed by atoms with E-state index in [2.05, 4.69) is 79.8 Å². The van der Waals surface area contributed by atoms with Crippen molar-refractivity contribution >= 4 is 10.8 Å². The molecule has 1 N–H and O–H groups in total. The van der Waals surface area contributed by atoms with Crippen LogP contribution in [0, 0.1) is 6.92 Å². The minimum absolute atomic E-state index is 0.604. The van der Waals surface area contributed by atoms with Crippen LogP contribution in [0.3, 0.4) is 0 Å². The molecule has 2 nitrogen and oxygen atoms in total. The summed E-state index contributed by atoms with van der Waals surface area (Å²) in [4.78, 5) is 0. The van der Waals surface area contributed by atoms with Gasteiger partial charge in [0.1, 0.15) is 12.4 Å². The van der Waals surface area contributed by atoms with Gasteiger partial charge in [0.05, 0.1) is 0 Å². The predicted octanol–water partition coefficient (Wildman–Crippen LogP) is 5.62. The highest BCUT2D eigenvalue weighted by Crippen LogP contribution is 2.29.